The first-order valence-electron chi connectivity index (χ1n) is 4.16. The number of hydrogen-bond donors (Lipinski definition) is 3. The van der Waals surface area contributed by atoms with Crippen molar-refractivity contribution in [3.05, 3.63) is 5.69 Å². The number of carboxylic acids is 1. The number of rotatable bonds is 4. The van der Waals surface area contributed by atoms with Crippen molar-refractivity contribution >= 4 is 5.97 Å². The van der Waals surface area contributed by atoms with Gasteiger partial charge in [0.15, 0.2) is 0 Å². The molecule has 7 nitrogen and oxygen atoms in total. The van der Waals surface area contributed by atoms with Crippen molar-refractivity contribution < 1.29 is 15.0 Å². The maximum atomic E-state index is 10.5. The molecule has 0 spiro atoms. The van der Waals surface area contributed by atoms with Crippen molar-refractivity contribution in [1.29, 1.82) is 0 Å². The Morgan fingerprint density at radius 3 is 2.86 bits per heavy atom. The molecule has 1 aromatic rings. The summed E-state index contributed by atoms with van der Waals surface area (Å²) in [5.41, 5.74) is 5.67. The van der Waals surface area contributed by atoms with E-state index in [0.29, 0.717) is 12.2 Å². The molecule has 0 amide bonds. The summed E-state index contributed by atoms with van der Waals surface area (Å²) >= 11 is 0. The second-order valence-electron chi connectivity index (χ2n) is 2.82. The summed E-state index contributed by atoms with van der Waals surface area (Å²) in [4.78, 5) is 10.5. The Hall–Kier alpha value is -1.63. The van der Waals surface area contributed by atoms with Crippen LogP contribution in [0.2, 0.25) is 0 Å². The molecule has 0 radical (unpaired) electrons. The van der Waals surface area contributed by atoms with Crippen molar-refractivity contribution in [2.75, 3.05) is 0 Å². The lowest BCUT2D eigenvalue weighted by atomic mass is 10.2. The third-order valence-electron chi connectivity index (χ3n) is 1.85. The van der Waals surface area contributed by atoms with Crippen LogP contribution in [0.1, 0.15) is 12.6 Å². The molecule has 14 heavy (non-hydrogen) atoms. The first-order valence-corrected chi connectivity index (χ1v) is 4.16. The van der Waals surface area contributed by atoms with E-state index in [-0.39, 0.29) is 12.3 Å². The van der Waals surface area contributed by atoms with E-state index in [1.807, 2.05) is 6.92 Å². The maximum absolute atomic E-state index is 10.5. The fraction of sp³-hybridized carbons (Fsp3) is 0.571. The Morgan fingerprint density at radius 2 is 2.36 bits per heavy atom. The Balaban J connectivity index is 2.84. The summed E-state index contributed by atoms with van der Waals surface area (Å²) in [6, 6.07) is -1.05. The van der Waals surface area contributed by atoms with Crippen LogP contribution in [0.3, 0.4) is 0 Å². The van der Waals surface area contributed by atoms with Gasteiger partial charge in [-0.1, -0.05) is 10.3 Å². The van der Waals surface area contributed by atoms with E-state index in [1.54, 1.807) is 0 Å². The third kappa shape index (κ3) is 1.99. The van der Waals surface area contributed by atoms with E-state index in [1.165, 1.54) is 4.68 Å². The topological polar surface area (TPSA) is 114 Å². The van der Waals surface area contributed by atoms with Crippen molar-refractivity contribution in [2.45, 2.75) is 25.9 Å². The molecule has 0 aromatic carbocycles. The summed E-state index contributed by atoms with van der Waals surface area (Å²) in [5, 5.41) is 24.9. The van der Waals surface area contributed by atoms with Crippen LogP contribution in [0.5, 0.6) is 5.88 Å². The molecule has 1 heterocycles. The van der Waals surface area contributed by atoms with Crippen LogP contribution in [0.25, 0.3) is 0 Å². The number of aromatic hydroxyl groups is 1. The zero-order valence-corrected chi connectivity index (χ0v) is 7.71. The molecule has 78 valence electrons. The quantitative estimate of drug-likeness (QED) is 0.571. The highest BCUT2D eigenvalue weighted by Gasteiger charge is 2.19. The minimum absolute atomic E-state index is 0.0159. The number of carbonyl (C=O) groups is 1. The first kappa shape index (κ1) is 10.5. The van der Waals surface area contributed by atoms with Crippen LogP contribution in [0.15, 0.2) is 0 Å². The van der Waals surface area contributed by atoms with E-state index in [9.17, 15) is 9.90 Å². The second kappa shape index (κ2) is 4.05. The highest BCUT2D eigenvalue weighted by Crippen LogP contribution is 2.13. The van der Waals surface area contributed by atoms with Crippen LogP contribution in [-0.2, 0) is 17.8 Å². The minimum atomic E-state index is -1.12. The average Bonchev–Trinajstić information content (AvgIpc) is 2.47. The van der Waals surface area contributed by atoms with Gasteiger partial charge in [0.05, 0.1) is 0 Å². The van der Waals surface area contributed by atoms with Crippen LogP contribution < -0.4 is 5.73 Å². The van der Waals surface area contributed by atoms with Crippen LogP contribution >= 0.6 is 0 Å². The van der Waals surface area contributed by atoms with Crippen LogP contribution in [0.4, 0.5) is 0 Å². The molecule has 0 saturated heterocycles. The molecular formula is C7H12N4O3. The first-order chi connectivity index (χ1) is 6.56. The SMILES string of the molecule is CCn1nnc(O)c1CC(N)C(=O)O. The molecule has 7 heteroatoms. The van der Waals surface area contributed by atoms with Gasteiger partial charge in [0.2, 0.25) is 0 Å². The lowest BCUT2D eigenvalue weighted by molar-refractivity contribution is -0.138. The molecule has 4 N–H and O–H groups in total. The molecule has 1 atom stereocenters. The van der Waals surface area contributed by atoms with Gasteiger partial charge in [0, 0.05) is 13.0 Å². The van der Waals surface area contributed by atoms with Gasteiger partial charge >= 0.3 is 5.97 Å². The van der Waals surface area contributed by atoms with Crippen LogP contribution in [-0.4, -0.2) is 37.2 Å². The number of carboxylic acid groups (broad SMARTS) is 1. The number of nitrogens with two attached hydrogens (primary N) is 1. The Morgan fingerprint density at radius 1 is 1.71 bits per heavy atom. The van der Waals surface area contributed by atoms with Gasteiger partial charge < -0.3 is 15.9 Å². The van der Waals surface area contributed by atoms with Gasteiger partial charge in [-0.15, -0.1) is 0 Å². The van der Waals surface area contributed by atoms with Crippen molar-refractivity contribution in [1.82, 2.24) is 15.0 Å². The van der Waals surface area contributed by atoms with Gasteiger partial charge in [0.1, 0.15) is 11.7 Å². The normalized spacial score (nSPS) is 12.7. The van der Waals surface area contributed by atoms with Crippen molar-refractivity contribution in [3.63, 3.8) is 0 Å². The number of hydrogen-bond acceptors (Lipinski definition) is 5. The van der Waals surface area contributed by atoms with E-state index in [4.69, 9.17) is 10.8 Å². The largest absolute Gasteiger partial charge is 0.491 e. The zero-order chi connectivity index (χ0) is 10.7. The van der Waals surface area contributed by atoms with Crippen LogP contribution in [0, 0.1) is 0 Å². The third-order valence-corrected chi connectivity index (χ3v) is 1.85. The second-order valence-corrected chi connectivity index (χ2v) is 2.82. The van der Waals surface area contributed by atoms with Gasteiger partial charge in [-0.3, -0.25) is 4.79 Å². The van der Waals surface area contributed by atoms with Gasteiger partial charge in [-0.25, -0.2) is 4.68 Å². The van der Waals surface area contributed by atoms with Gasteiger partial charge in [0.25, 0.3) is 5.88 Å². The molecule has 0 bridgehead atoms. The molecular weight excluding hydrogens is 188 g/mol. The lowest BCUT2D eigenvalue weighted by Crippen LogP contribution is -2.33. The Bertz CT molecular complexity index is 336. The number of aryl methyl sites for hydroxylation is 1. The average molecular weight is 200 g/mol. The smallest absolute Gasteiger partial charge is 0.320 e. The highest BCUT2D eigenvalue weighted by molar-refractivity contribution is 5.73. The van der Waals surface area contributed by atoms with E-state index in [0.717, 1.165) is 0 Å². The Labute approximate surface area is 80.1 Å². The molecule has 0 aliphatic carbocycles. The summed E-state index contributed by atoms with van der Waals surface area (Å²) in [5.74, 6) is -1.38. The summed E-state index contributed by atoms with van der Waals surface area (Å²) in [7, 11) is 0. The monoisotopic (exact) mass is 200 g/mol. The summed E-state index contributed by atoms with van der Waals surface area (Å²) in [6.45, 7) is 2.32. The summed E-state index contributed by atoms with van der Waals surface area (Å²) in [6.07, 6.45) is 0.0159. The van der Waals surface area contributed by atoms with Crippen molar-refractivity contribution in [2.24, 2.45) is 5.73 Å². The molecule has 0 fully saturated rings. The van der Waals surface area contributed by atoms with Gasteiger partial charge in [-0.2, -0.15) is 0 Å². The van der Waals surface area contributed by atoms with E-state index < -0.39 is 12.0 Å². The van der Waals surface area contributed by atoms with Crippen molar-refractivity contribution in [3.8, 4) is 5.88 Å². The fourth-order valence-electron chi connectivity index (χ4n) is 1.07. The molecule has 1 rings (SSSR count). The Kier molecular flexibility index (Phi) is 3.03. The van der Waals surface area contributed by atoms with E-state index in [2.05, 4.69) is 10.3 Å². The molecule has 1 aromatic heterocycles. The number of aliphatic carboxylic acids is 1. The molecule has 0 aliphatic heterocycles. The number of nitrogens with zero attached hydrogens (tertiary/aromatic N) is 3. The molecule has 0 saturated carbocycles. The van der Waals surface area contributed by atoms with E-state index >= 15 is 0 Å². The predicted octanol–water partition coefficient (Wildman–Crippen LogP) is -1.04. The predicted molar refractivity (Wildman–Crippen MR) is 46.7 cm³/mol. The minimum Gasteiger partial charge on any atom is -0.491 e. The lowest BCUT2D eigenvalue weighted by Gasteiger charge is -2.06. The summed E-state index contributed by atoms with van der Waals surface area (Å²) < 4.78 is 1.41. The number of aromatic nitrogens is 3. The molecule has 0 aliphatic rings. The maximum Gasteiger partial charge on any atom is 0.320 e. The fourth-order valence-corrected chi connectivity index (χ4v) is 1.07. The zero-order valence-electron chi connectivity index (χ0n) is 7.71. The molecule has 1 unspecified atom stereocenters. The van der Waals surface area contributed by atoms with Gasteiger partial charge in [-0.05, 0) is 6.92 Å². The standard InChI is InChI=1S/C7H12N4O3/c1-2-11-5(6(12)9-10-11)3-4(8)7(13)14/h4,12H,2-3,8H2,1H3,(H,13,14). The highest BCUT2D eigenvalue weighted by atomic mass is 16.4.